The molecule has 1 aromatic carbocycles. The van der Waals surface area contributed by atoms with Crippen LogP contribution in [0.15, 0.2) is 30.3 Å². The summed E-state index contributed by atoms with van der Waals surface area (Å²) in [5.74, 6) is -1.09. The number of nitrogens with one attached hydrogen (secondary N) is 1. The lowest BCUT2D eigenvalue weighted by Gasteiger charge is -2.48. The molecule has 3 atom stereocenters. The molecule has 7 nitrogen and oxygen atoms in total. The van der Waals surface area contributed by atoms with Gasteiger partial charge >= 0.3 is 5.97 Å². The Kier molecular flexibility index (Phi) is 4.74. The minimum Gasteiger partial charge on any atom is -0.459 e. The molecule has 2 heterocycles. The summed E-state index contributed by atoms with van der Waals surface area (Å²) < 4.78 is 4.57. The maximum Gasteiger partial charge on any atom is 0.330 e. The van der Waals surface area contributed by atoms with E-state index < -0.39 is 32.2 Å². The van der Waals surface area contributed by atoms with E-state index >= 15 is 0 Å². The third-order valence-corrected chi connectivity index (χ3v) is 10.2. The maximum atomic E-state index is 12.9. The Morgan fingerprint density at radius 2 is 2.00 bits per heavy atom. The summed E-state index contributed by atoms with van der Waals surface area (Å²) in [6.07, 6.45) is 0.176. The molecule has 1 aromatic rings. The average molecular weight is 380 g/mol. The van der Waals surface area contributed by atoms with Crippen LogP contribution >= 0.6 is 10.0 Å². The Bertz CT molecular complexity index is 738. The fourth-order valence-electron chi connectivity index (χ4n) is 3.99. The van der Waals surface area contributed by atoms with Crippen LogP contribution in [0.25, 0.3) is 0 Å². The van der Waals surface area contributed by atoms with Crippen molar-refractivity contribution in [3.63, 3.8) is 0 Å². The van der Waals surface area contributed by atoms with Gasteiger partial charge in [0.15, 0.2) is 0 Å². The predicted octanol–water partition coefficient (Wildman–Crippen LogP) is 1.54. The maximum absolute atomic E-state index is 12.9. The highest BCUT2D eigenvalue weighted by atomic mass is 32.3. The monoisotopic (exact) mass is 380 g/mol. The third kappa shape index (κ3) is 2.43. The molecular weight excluding hydrogens is 356 g/mol. The molecule has 2 fully saturated rings. The quantitative estimate of drug-likeness (QED) is 0.610. The molecule has 1 unspecified atom stereocenters. The van der Waals surface area contributed by atoms with Crippen molar-refractivity contribution in [1.82, 2.24) is 10.2 Å². The zero-order chi connectivity index (χ0) is 19.1. The molecule has 0 bridgehead atoms. The highest BCUT2D eigenvalue weighted by Crippen LogP contribution is 2.73. The fraction of sp³-hybridized carbons (Fsp3) is 0.500. The molecule has 0 saturated carbocycles. The highest BCUT2D eigenvalue weighted by Gasteiger charge is 2.71. The molecule has 142 valence electrons. The number of aliphatic hydroxyl groups is 1. The molecule has 0 aliphatic carbocycles. The van der Waals surface area contributed by atoms with Gasteiger partial charge in [0.1, 0.15) is 12.6 Å². The summed E-state index contributed by atoms with van der Waals surface area (Å²) in [6, 6.07) is 8.39. The zero-order valence-corrected chi connectivity index (χ0v) is 15.9. The Morgan fingerprint density at radius 1 is 1.35 bits per heavy atom. The second-order valence-corrected chi connectivity index (χ2v) is 10.8. The summed E-state index contributed by atoms with van der Waals surface area (Å²) in [4.78, 5) is 39.2. The van der Waals surface area contributed by atoms with E-state index in [1.807, 2.05) is 30.3 Å². The number of hydrogen-bond donors (Lipinski definition) is 2. The summed E-state index contributed by atoms with van der Waals surface area (Å²) in [7, 11) is -0.839. The van der Waals surface area contributed by atoms with Gasteiger partial charge in [0.25, 0.3) is 5.24 Å². The molecule has 2 N–H and O–H groups in total. The number of fused-ring (bicyclic) bond motifs is 1. The van der Waals surface area contributed by atoms with Crippen molar-refractivity contribution in [2.24, 2.45) is 0 Å². The summed E-state index contributed by atoms with van der Waals surface area (Å²) in [6.45, 7) is 3.64. The number of aliphatic hydroxyl groups excluding tert-OH is 1. The van der Waals surface area contributed by atoms with Crippen molar-refractivity contribution in [1.29, 1.82) is 0 Å². The Labute approximate surface area is 154 Å². The van der Waals surface area contributed by atoms with E-state index in [2.05, 4.69) is 5.32 Å². The SMILES string of the molecule is CNC(=O)S1(CO)[C@@H]2CC(=O)N2[C@@H](C(=O)OCc2ccccc2)C1(C)C. The van der Waals surface area contributed by atoms with Crippen molar-refractivity contribution in [2.45, 2.75) is 43.0 Å². The van der Waals surface area contributed by atoms with Crippen molar-refractivity contribution < 1.29 is 24.2 Å². The number of benzene rings is 1. The van der Waals surface area contributed by atoms with Crippen LogP contribution in [0.1, 0.15) is 25.8 Å². The van der Waals surface area contributed by atoms with E-state index in [0.29, 0.717) is 0 Å². The lowest BCUT2D eigenvalue weighted by Crippen LogP contribution is -2.57. The molecule has 26 heavy (non-hydrogen) atoms. The van der Waals surface area contributed by atoms with Crippen molar-refractivity contribution in [2.75, 3.05) is 13.0 Å². The Balaban J connectivity index is 1.89. The number of nitrogens with zero attached hydrogens (tertiary/aromatic N) is 1. The summed E-state index contributed by atoms with van der Waals surface area (Å²) >= 11 is 0. The predicted molar refractivity (Wildman–Crippen MR) is 98.5 cm³/mol. The van der Waals surface area contributed by atoms with Crippen LogP contribution < -0.4 is 5.32 Å². The van der Waals surface area contributed by atoms with Crippen LogP contribution in [-0.2, 0) is 20.9 Å². The van der Waals surface area contributed by atoms with Gasteiger partial charge in [-0.25, -0.2) is 4.79 Å². The van der Waals surface area contributed by atoms with E-state index in [-0.39, 0.29) is 30.1 Å². The normalized spacial score (nSPS) is 31.4. The van der Waals surface area contributed by atoms with Crippen LogP contribution in [0, 0.1) is 0 Å². The third-order valence-electron chi connectivity index (χ3n) is 5.47. The number of β-lactam (4-membered cyclic amide) rings is 1. The van der Waals surface area contributed by atoms with Gasteiger partial charge in [-0.15, -0.1) is 10.0 Å². The second kappa shape index (κ2) is 6.59. The number of esters is 1. The Hall–Kier alpha value is -2.06. The van der Waals surface area contributed by atoms with E-state index in [1.165, 1.54) is 11.9 Å². The molecule has 0 aromatic heterocycles. The first kappa shape index (κ1) is 18.7. The summed E-state index contributed by atoms with van der Waals surface area (Å²) in [5, 5.41) is 12.1. The van der Waals surface area contributed by atoms with Gasteiger partial charge < -0.3 is 20.1 Å². The number of carbonyl (C=O) groups is 3. The van der Waals surface area contributed by atoms with E-state index in [1.54, 1.807) is 13.8 Å². The molecule has 2 aliphatic rings. The smallest absolute Gasteiger partial charge is 0.330 e. The standard InChI is InChI=1S/C18H24N2O5S/c1-18(2)15(16(23)25-10-12-7-5-4-6-8-12)20-13(22)9-14(20)26(18,11-21)17(24)19-3/h4-8,14-15,21H,9-11H2,1-3H3,(H,19,24)/t14-,15+/m1/s1. The van der Waals surface area contributed by atoms with Crippen molar-refractivity contribution >= 4 is 27.1 Å². The largest absolute Gasteiger partial charge is 0.459 e. The first-order chi connectivity index (χ1) is 12.3. The number of rotatable bonds is 4. The number of hydrogen-bond acceptors (Lipinski definition) is 5. The van der Waals surface area contributed by atoms with Crippen LogP contribution in [-0.4, -0.2) is 56.3 Å². The first-order valence-corrected chi connectivity index (χ1v) is 10.3. The van der Waals surface area contributed by atoms with Crippen molar-refractivity contribution in [3.05, 3.63) is 35.9 Å². The Morgan fingerprint density at radius 3 is 2.54 bits per heavy atom. The van der Waals surface area contributed by atoms with Gasteiger partial charge in [0.2, 0.25) is 5.91 Å². The lowest BCUT2D eigenvalue weighted by molar-refractivity contribution is -0.162. The van der Waals surface area contributed by atoms with E-state index in [4.69, 9.17) is 4.74 Å². The average Bonchev–Trinajstić information content (AvgIpc) is 2.80. The van der Waals surface area contributed by atoms with Gasteiger partial charge in [-0.3, -0.25) is 9.59 Å². The lowest BCUT2D eigenvalue weighted by atomic mass is 9.98. The van der Waals surface area contributed by atoms with Gasteiger partial charge in [0.05, 0.1) is 17.7 Å². The van der Waals surface area contributed by atoms with Crippen LogP contribution in [0.5, 0.6) is 0 Å². The van der Waals surface area contributed by atoms with Crippen LogP contribution in [0.2, 0.25) is 0 Å². The molecule has 2 amide bonds. The highest BCUT2D eigenvalue weighted by molar-refractivity contribution is 8.46. The van der Waals surface area contributed by atoms with E-state index in [9.17, 15) is 19.5 Å². The number of carbonyl (C=O) groups excluding carboxylic acids is 3. The van der Waals surface area contributed by atoms with Crippen LogP contribution in [0.4, 0.5) is 4.79 Å². The minimum atomic E-state index is -2.35. The first-order valence-electron chi connectivity index (χ1n) is 8.45. The molecule has 2 aliphatic heterocycles. The van der Waals surface area contributed by atoms with Gasteiger partial charge in [-0.2, -0.15) is 0 Å². The van der Waals surface area contributed by atoms with Gasteiger partial charge in [0, 0.05) is 11.8 Å². The van der Waals surface area contributed by atoms with E-state index in [0.717, 1.165) is 5.56 Å². The number of amides is 2. The molecule has 2 saturated heterocycles. The number of ether oxygens (including phenoxy) is 1. The van der Waals surface area contributed by atoms with Gasteiger partial charge in [-0.05, 0) is 19.4 Å². The molecule has 3 rings (SSSR count). The fourth-order valence-corrected chi connectivity index (χ4v) is 8.07. The minimum absolute atomic E-state index is 0.0976. The molecule has 8 heteroatoms. The topological polar surface area (TPSA) is 95.9 Å². The zero-order valence-electron chi connectivity index (χ0n) is 15.1. The summed E-state index contributed by atoms with van der Waals surface area (Å²) in [5.41, 5.74) is 0.843. The second-order valence-electron chi connectivity index (χ2n) is 7.02. The molecule has 0 spiro atoms. The van der Waals surface area contributed by atoms with Crippen LogP contribution in [0.3, 0.4) is 0 Å². The van der Waals surface area contributed by atoms with Gasteiger partial charge in [-0.1, -0.05) is 30.3 Å². The molecular formula is C18H24N2O5S. The molecule has 0 radical (unpaired) electrons. The van der Waals surface area contributed by atoms with Crippen molar-refractivity contribution in [3.8, 4) is 0 Å².